The van der Waals surface area contributed by atoms with Crippen LogP contribution in [0.4, 0.5) is 5.69 Å². The van der Waals surface area contributed by atoms with E-state index in [9.17, 15) is 4.79 Å². The molecule has 148 valence electrons. The standard InChI is InChI=1S/C18H19ClIN5O3/c1-17(2)27-12-11(7-4-5-18(7,13(12)28-17)16(26)22-3)25-6-23-10-9(21)8(20)14(19)24-15(10)25/h4-7,11-13H,1-3H3,(H2,21,24)(H,22,26)/t7-,11?,12+,13+,18+/m1/s1. The van der Waals surface area contributed by atoms with Crippen molar-refractivity contribution >= 4 is 57.0 Å². The minimum Gasteiger partial charge on any atom is -0.396 e. The van der Waals surface area contributed by atoms with E-state index in [0.717, 1.165) is 0 Å². The van der Waals surface area contributed by atoms with Crippen molar-refractivity contribution in [2.24, 2.45) is 11.3 Å². The molecule has 0 aromatic carbocycles. The van der Waals surface area contributed by atoms with Crippen LogP contribution in [0.3, 0.4) is 0 Å². The number of rotatable bonds is 2. The van der Waals surface area contributed by atoms with Crippen LogP contribution in [0.15, 0.2) is 18.5 Å². The fourth-order valence-corrected chi connectivity index (χ4v) is 5.40. The first kappa shape index (κ1) is 18.6. The maximum absolute atomic E-state index is 12.9. The number of halogens is 2. The zero-order valence-electron chi connectivity index (χ0n) is 15.4. The molecule has 1 aliphatic heterocycles. The van der Waals surface area contributed by atoms with Crippen LogP contribution in [0.5, 0.6) is 0 Å². The average molecular weight is 516 g/mol. The Morgan fingerprint density at radius 1 is 1.43 bits per heavy atom. The molecule has 3 N–H and O–H groups in total. The van der Waals surface area contributed by atoms with Crippen molar-refractivity contribution in [3.05, 3.63) is 27.2 Å². The van der Waals surface area contributed by atoms with Gasteiger partial charge in [0.05, 0.1) is 21.6 Å². The van der Waals surface area contributed by atoms with Crippen molar-refractivity contribution in [1.29, 1.82) is 0 Å². The van der Waals surface area contributed by atoms with Gasteiger partial charge in [0.25, 0.3) is 0 Å². The molecule has 1 saturated heterocycles. The van der Waals surface area contributed by atoms with Gasteiger partial charge in [-0.2, -0.15) is 0 Å². The number of amides is 1. The Morgan fingerprint density at radius 2 is 2.18 bits per heavy atom. The molecule has 2 aliphatic carbocycles. The van der Waals surface area contributed by atoms with E-state index in [1.165, 1.54) is 0 Å². The molecule has 1 unspecified atom stereocenters. The third kappa shape index (κ3) is 2.16. The second kappa shape index (κ2) is 5.80. The predicted octanol–water partition coefficient (Wildman–Crippen LogP) is 2.26. The van der Waals surface area contributed by atoms with Gasteiger partial charge in [-0.05, 0) is 36.4 Å². The van der Waals surface area contributed by atoms with Gasteiger partial charge in [-0.3, -0.25) is 4.79 Å². The number of hydrogen-bond acceptors (Lipinski definition) is 6. The number of nitrogens with two attached hydrogens (primary N) is 1. The molecule has 0 radical (unpaired) electrons. The van der Waals surface area contributed by atoms with Gasteiger partial charge in [0, 0.05) is 13.0 Å². The number of nitrogen functional groups attached to an aromatic ring is 1. The molecule has 0 spiro atoms. The molecule has 0 bridgehead atoms. The number of aromatic nitrogens is 3. The molecule has 2 fully saturated rings. The van der Waals surface area contributed by atoms with Crippen LogP contribution < -0.4 is 11.1 Å². The highest BCUT2D eigenvalue weighted by molar-refractivity contribution is 14.1. The van der Waals surface area contributed by atoms with Gasteiger partial charge >= 0.3 is 0 Å². The molecular weight excluding hydrogens is 497 g/mol. The Hall–Kier alpha value is -1.43. The molecule has 1 saturated carbocycles. The van der Waals surface area contributed by atoms with Crippen molar-refractivity contribution in [1.82, 2.24) is 19.9 Å². The fraction of sp³-hybridized carbons (Fsp3) is 0.500. The van der Waals surface area contributed by atoms with E-state index >= 15 is 0 Å². The lowest BCUT2D eigenvalue weighted by molar-refractivity contribution is -0.175. The third-order valence-corrected chi connectivity index (χ3v) is 7.71. The number of ether oxygens (including phenoxy) is 2. The highest BCUT2D eigenvalue weighted by atomic mass is 127. The Labute approximate surface area is 179 Å². The van der Waals surface area contributed by atoms with Crippen molar-refractivity contribution in [3.63, 3.8) is 0 Å². The summed E-state index contributed by atoms with van der Waals surface area (Å²) in [7, 11) is 1.64. The first-order valence-corrected chi connectivity index (χ1v) is 10.4. The number of anilines is 1. The van der Waals surface area contributed by atoms with E-state index < -0.39 is 17.3 Å². The highest BCUT2D eigenvalue weighted by Gasteiger charge is 2.71. The van der Waals surface area contributed by atoms with Gasteiger partial charge in [-0.25, -0.2) is 9.97 Å². The lowest BCUT2D eigenvalue weighted by atomic mass is 9.66. The van der Waals surface area contributed by atoms with Crippen molar-refractivity contribution in [2.75, 3.05) is 12.8 Å². The zero-order valence-corrected chi connectivity index (χ0v) is 18.4. The van der Waals surface area contributed by atoms with Crippen molar-refractivity contribution in [2.45, 2.75) is 37.9 Å². The summed E-state index contributed by atoms with van der Waals surface area (Å²) < 4.78 is 15.1. The van der Waals surface area contributed by atoms with Crippen LogP contribution >= 0.6 is 34.2 Å². The minimum atomic E-state index is -0.793. The third-order valence-electron chi connectivity index (χ3n) is 6.02. The molecular formula is C18H19ClIN5O3. The van der Waals surface area contributed by atoms with Crippen LogP contribution in [0.25, 0.3) is 11.2 Å². The number of hydrogen-bond donors (Lipinski definition) is 2. The van der Waals surface area contributed by atoms with Gasteiger partial charge in [-0.1, -0.05) is 23.8 Å². The number of nitrogens with zero attached hydrogens (tertiary/aromatic N) is 3. The quantitative estimate of drug-likeness (QED) is 0.361. The molecule has 10 heteroatoms. The summed E-state index contributed by atoms with van der Waals surface area (Å²) in [6.45, 7) is 3.72. The Bertz CT molecular complexity index is 1050. The number of carbonyl (C=O) groups is 1. The number of nitrogens with one attached hydrogen (secondary N) is 1. The summed E-state index contributed by atoms with van der Waals surface area (Å²) in [6.07, 6.45) is 4.91. The lowest BCUT2D eigenvalue weighted by Crippen LogP contribution is -2.52. The molecule has 2 aromatic rings. The first-order chi connectivity index (χ1) is 13.2. The van der Waals surface area contributed by atoms with Gasteiger partial charge in [0.1, 0.15) is 28.3 Å². The largest absolute Gasteiger partial charge is 0.396 e. The Balaban J connectivity index is 1.70. The summed E-state index contributed by atoms with van der Waals surface area (Å²) in [6, 6.07) is -0.220. The van der Waals surface area contributed by atoms with E-state index in [1.54, 1.807) is 13.4 Å². The van der Waals surface area contributed by atoms with Crippen LogP contribution in [0.2, 0.25) is 5.15 Å². The molecule has 5 atom stereocenters. The van der Waals surface area contributed by atoms with Crippen molar-refractivity contribution < 1.29 is 14.3 Å². The molecule has 28 heavy (non-hydrogen) atoms. The number of pyridine rings is 1. The SMILES string of the molecule is CNC(=O)[C@@]12C=C[C@@H]1C(n1cnc3c(N)c(I)c(Cl)nc31)[C@@H]1OC(C)(C)O[C@@H]12. The van der Waals surface area contributed by atoms with E-state index in [4.69, 9.17) is 26.8 Å². The van der Waals surface area contributed by atoms with Gasteiger partial charge in [0.15, 0.2) is 11.4 Å². The maximum atomic E-state index is 12.9. The number of allylic oxidation sites excluding steroid dienone is 1. The smallest absolute Gasteiger partial charge is 0.233 e. The van der Waals surface area contributed by atoms with E-state index in [-0.39, 0.29) is 24.0 Å². The van der Waals surface area contributed by atoms with Crippen LogP contribution in [-0.2, 0) is 14.3 Å². The van der Waals surface area contributed by atoms with Gasteiger partial charge in [-0.15, -0.1) is 0 Å². The highest BCUT2D eigenvalue weighted by Crippen LogP contribution is 2.62. The summed E-state index contributed by atoms with van der Waals surface area (Å²) in [5, 5.41) is 3.12. The van der Waals surface area contributed by atoms with Crippen LogP contribution in [0, 0.1) is 14.9 Å². The molecule has 3 aliphatic rings. The van der Waals surface area contributed by atoms with E-state index in [0.29, 0.717) is 25.6 Å². The van der Waals surface area contributed by atoms with Gasteiger partial charge < -0.3 is 25.1 Å². The summed E-state index contributed by atoms with van der Waals surface area (Å²) in [4.78, 5) is 21.9. The second-order valence-corrected chi connectivity index (χ2v) is 9.30. The summed E-state index contributed by atoms with van der Waals surface area (Å²) in [5.74, 6) is -0.987. The summed E-state index contributed by atoms with van der Waals surface area (Å²) in [5.41, 5.74) is 7.09. The second-order valence-electron chi connectivity index (χ2n) is 7.86. The van der Waals surface area contributed by atoms with E-state index in [2.05, 4.69) is 37.9 Å². The normalized spacial score (nSPS) is 34.9. The number of imidazole rings is 1. The first-order valence-electron chi connectivity index (χ1n) is 8.95. The molecule has 8 nitrogen and oxygen atoms in total. The maximum Gasteiger partial charge on any atom is 0.233 e. The Kier molecular flexibility index (Phi) is 3.85. The molecule has 2 aromatic heterocycles. The van der Waals surface area contributed by atoms with Crippen LogP contribution in [0.1, 0.15) is 19.9 Å². The summed E-state index contributed by atoms with van der Waals surface area (Å²) >= 11 is 8.35. The van der Waals surface area contributed by atoms with E-state index in [1.807, 2.05) is 30.6 Å². The van der Waals surface area contributed by atoms with Crippen molar-refractivity contribution in [3.8, 4) is 0 Å². The molecule has 5 rings (SSSR count). The molecule has 1 amide bonds. The zero-order chi connectivity index (χ0) is 20.0. The number of fused-ring (bicyclic) bond motifs is 4. The minimum absolute atomic E-state index is 0.0803. The number of carbonyl (C=O) groups excluding carboxylic acids is 1. The average Bonchev–Trinajstić information content (AvgIpc) is 3.21. The van der Waals surface area contributed by atoms with Gasteiger partial charge in [0.2, 0.25) is 5.91 Å². The lowest BCUT2D eigenvalue weighted by Gasteiger charge is -2.41. The molecule has 3 heterocycles. The predicted molar refractivity (Wildman–Crippen MR) is 112 cm³/mol. The topological polar surface area (TPSA) is 104 Å². The van der Waals surface area contributed by atoms with Crippen LogP contribution in [-0.4, -0.2) is 45.5 Å². The monoisotopic (exact) mass is 515 g/mol. The fourth-order valence-electron chi connectivity index (χ4n) is 4.84. The Morgan fingerprint density at radius 3 is 2.82 bits per heavy atom.